The first-order valence-electron chi connectivity index (χ1n) is 17.2. The topological polar surface area (TPSA) is 87.5 Å². The van der Waals surface area contributed by atoms with Crippen molar-refractivity contribution in [3.05, 3.63) is 95.1 Å². The lowest BCUT2D eigenvalue weighted by Crippen LogP contribution is -2.49. The predicted molar refractivity (Wildman–Crippen MR) is 181 cm³/mol. The van der Waals surface area contributed by atoms with Gasteiger partial charge in [-0.1, -0.05) is 31.2 Å². The number of benzene rings is 3. The fraction of sp³-hybridized carbons (Fsp3) is 0.459. The number of amides is 1. The van der Waals surface area contributed by atoms with Crippen LogP contribution < -0.4 is 4.72 Å². The number of nitrogens with zero attached hydrogens (tertiary/aromatic N) is 4. The van der Waals surface area contributed by atoms with E-state index in [0.29, 0.717) is 31.0 Å². The zero-order valence-electron chi connectivity index (χ0n) is 27.8. The van der Waals surface area contributed by atoms with E-state index in [1.165, 1.54) is 16.5 Å². The number of nitrogens with one attached hydrogen (secondary N) is 1. The maximum atomic E-state index is 15.5. The van der Waals surface area contributed by atoms with Crippen LogP contribution in [0.5, 0.6) is 0 Å². The Morgan fingerprint density at radius 3 is 2.37 bits per heavy atom. The molecule has 0 unspecified atom stereocenters. The Morgan fingerprint density at radius 2 is 1.67 bits per heavy atom. The zero-order chi connectivity index (χ0) is 34.5. The highest BCUT2D eigenvalue weighted by Crippen LogP contribution is 2.45. The second-order valence-corrected chi connectivity index (χ2v) is 15.6. The zero-order valence-corrected chi connectivity index (χ0v) is 28.7. The van der Waals surface area contributed by atoms with Gasteiger partial charge in [0.05, 0.1) is 11.0 Å². The standard InChI is InChI=1S/C37H42F3N5O3S/c1-3-41-49(47,48)33-14-13-30(39)34(35(33)40)36(46)43-18-15-37(16-19-43,25-7-6-8-26(38)21-25)17-20-44-27-11-12-28(44)23-29(22-27)45-24(2)42-31-9-4-5-10-32(31)45/h4-10,13-14,21,27-29,41H,3,11-12,15-20,22-23H2,1-2H3/t27-,28+,29+. The van der Waals surface area contributed by atoms with Crippen molar-refractivity contribution in [3.8, 4) is 0 Å². The molecule has 1 aromatic heterocycles. The molecule has 4 aromatic rings. The van der Waals surface area contributed by atoms with E-state index in [1.807, 2.05) is 12.1 Å². The molecule has 2 bridgehead atoms. The fourth-order valence-electron chi connectivity index (χ4n) is 8.79. The Bertz CT molecular complexity index is 1980. The van der Waals surface area contributed by atoms with Crippen LogP contribution in [0.1, 0.15) is 79.7 Å². The highest BCUT2D eigenvalue weighted by molar-refractivity contribution is 7.89. The summed E-state index contributed by atoms with van der Waals surface area (Å²) in [6, 6.07) is 17.8. The van der Waals surface area contributed by atoms with Crippen LogP contribution in [0.4, 0.5) is 13.2 Å². The molecule has 0 aliphatic carbocycles. The number of aromatic nitrogens is 2. The van der Waals surface area contributed by atoms with E-state index in [9.17, 15) is 22.0 Å². The molecule has 3 aliphatic rings. The van der Waals surface area contributed by atoms with Gasteiger partial charge in [0.1, 0.15) is 27.9 Å². The van der Waals surface area contributed by atoms with Gasteiger partial charge in [-0.25, -0.2) is 31.3 Å². The van der Waals surface area contributed by atoms with E-state index >= 15 is 4.39 Å². The van der Waals surface area contributed by atoms with Crippen LogP contribution in [-0.4, -0.2) is 71.9 Å². The van der Waals surface area contributed by atoms with Gasteiger partial charge in [-0.2, -0.15) is 0 Å². The van der Waals surface area contributed by atoms with Crippen molar-refractivity contribution in [1.29, 1.82) is 0 Å². The van der Waals surface area contributed by atoms with E-state index < -0.39 is 43.4 Å². The van der Waals surface area contributed by atoms with Gasteiger partial charge in [-0.3, -0.25) is 9.69 Å². The maximum absolute atomic E-state index is 15.5. The molecular weight excluding hydrogens is 652 g/mol. The fourth-order valence-corrected chi connectivity index (χ4v) is 9.91. The van der Waals surface area contributed by atoms with Crippen LogP contribution in [0.15, 0.2) is 65.6 Å². The van der Waals surface area contributed by atoms with Crippen molar-refractivity contribution < 1.29 is 26.4 Å². The molecule has 1 amide bonds. The second-order valence-electron chi connectivity index (χ2n) is 13.8. The monoisotopic (exact) mass is 693 g/mol. The third kappa shape index (κ3) is 6.16. The van der Waals surface area contributed by atoms with E-state index in [1.54, 1.807) is 19.1 Å². The molecule has 8 nitrogen and oxygen atoms in total. The van der Waals surface area contributed by atoms with Crippen LogP contribution in [-0.2, 0) is 15.4 Å². The minimum atomic E-state index is -4.26. The third-order valence-electron chi connectivity index (χ3n) is 11.2. The Hall–Kier alpha value is -3.74. The number of para-hydroxylation sites is 2. The Balaban J connectivity index is 1.09. The number of aryl methyl sites for hydroxylation is 1. The first-order valence-corrected chi connectivity index (χ1v) is 18.7. The summed E-state index contributed by atoms with van der Waals surface area (Å²) in [7, 11) is -4.26. The number of hydrogen-bond donors (Lipinski definition) is 1. The molecule has 0 radical (unpaired) electrons. The third-order valence-corrected chi connectivity index (χ3v) is 12.7. The SMILES string of the molecule is CCNS(=O)(=O)c1ccc(F)c(C(=O)N2CCC(CCN3[C@@H]4CC[C@H]3C[C@@H](n3c(C)nc5ccccc53)C4)(c3cccc(F)c3)CC2)c1F. The van der Waals surface area contributed by atoms with Gasteiger partial charge in [-0.15, -0.1) is 0 Å². The van der Waals surface area contributed by atoms with Crippen LogP contribution in [0.3, 0.4) is 0 Å². The molecule has 3 saturated heterocycles. The van der Waals surface area contributed by atoms with Crippen molar-refractivity contribution in [2.24, 2.45) is 0 Å². The molecule has 3 aliphatic heterocycles. The van der Waals surface area contributed by atoms with Gasteiger partial charge in [0.15, 0.2) is 5.82 Å². The molecular formula is C37H42F3N5O3S. The summed E-state index contributed by atoms with van der Waals surface area (Å²) in [5.74, 6) is -2.69. The largest absolute Gasteiger partial charge is 0.338 e. The number of fused-ring (bicyclic) bond motifs is 3. The lowest BCUT2D eigenvalue weighted by molar-refractivity contribution is 0.0598. The van der Waals surface area contributed by atoms with Gasteiger partial charge in [0, 0.05) is 37.8 Å². The summed E-state index contributed by atoms with van der Waals surface area (Å²) in [5.41, 5.74) is 1.74. The Kier molecular flexibility index (Phi) is 9.08. The molecule has 0 spiro atoms. The lowest BCUT2D eigenvalue weighted by Gasteiger charge is -2.45. The van der Waals surface area contributed by atoms with Crippen molar-refractivity contribution in [3.63, 3.8) is 0 Å². The molecule has 49 heavy (non-hydrogen) atoms. The molecule has 3 aromatic carbocycles. The van der Waals surface area contributed by atoms with Gasteiger partial charge in [-0.05, 0) is 106 Å². The molecule has 12 heteroatoms. The van der Waals surface area contributed by atoms with E-state index in [-0.39, 0.29) is 25.5 Å². The predicted octanol–water partition coefficient (Wildman–Crippen LogP) is 6.49. The van der Waals surface area contributed by atoms with Gasteiger partial charge < -0.3 is 9.47 Å². The summed E-state index contributed by atoms with van der Waals surface area (Å²) in [4.78, 5) is 21.6. The second kappa shape index (κ2) is 13.2. The molecule has 260 valence electrons. The number of sulfonamides is 1. The number of piperidine rings is 2. The molecule has 1 N–H and O–H groups in total. The summed E-state index contributed by atoms with van der Waals surface area (Å²) < 4.78 is 74.7. The first kappa shape index (κ1) is 33.7. The lowest BCUT2D eigenvalue weighted by atomic mass is 9.70. The molecule has 0 saturated carbocycles. The number of rotatable bonds is 9. The normalized spacial score (nSPS) is 22.6. The van der Waals surface area contributed by atoms with E-state index in [0.717, 1.165) is 67.7 Å². The van der Waals surface area contributed by atoms with E-state index in [4.69, 9.17) is 4.98 Å². The molecule has 3 atom stereocenters. The summed E-state index contributed by atoms with van der Waals surface area (Å²) in [5, 5.41) is 0. The highest BCUT2D eigenvalue weighted by atomic mass is 32.2. The first-order chi connectivity index (χ1) is 23.5. The van der Waals surface area contributed by atoms with Crippen molar-refractivity contribution >= 4 is 27.0 Å². The van der Waals surface area contributed by atoms with Crippen LogP contribution in [0, 0.1) is 24.4 Å². The van der Waals surface area contributed by atoms with Crippen LogP contribution in [0.2, 0.25) is 0 Å². The van der Waals surface area contributed by atoms with Crippen LogP contribution >= 0.6 is 0 Å². The van der Waals surface area contributed by atoms with E-state index in [2.05, 4.69) is 39.3 Å². The average Bonchev–Trinajstić information content (AvgIpc) is 3.53. The Labute approximate surface area is 285 Å². The summed E-state index contributed by atoms with van der Waals surface area (Å²) in [6.45, 7) is 4.85. The molecule has 3 fully saturated rings. The average molecular weight is 694 g/mol. The number of imidazole rings is 1. The number of likely N-dealkylation sites (tertiary alicyclic amines) is 1. The number of carbonyl (C=O) groups excluding carboxylic acids is 1. The Morgan fingerprint density at radius 1 is 0.959 bits per heavy atom. The van der Waals surface area contributed by atoms with Crippen LogP contribution in [0.25, 0.3) is 11.0 Å². The quantitative estimate of drug-likeness (QED) is 0.217. The van der Waals surface area contributed by atoms with Crippen molar-refractivity contribution in [2.45, 2.75) is 87.2 Å². The number of carbonyl (C=O) groups is 1. The summed E-state index contributed by atoms with van der Waals surface area (Å²) >= 11 is 0. The highest BCUT2D eigenvalue weighted by Gasteiger charge is 2.44. The smallest absolute Gasteiger partial charge is 0.259 e. The minimum absolute atomic E-state index is 0.0116. The maximum Gasteiger partial charge on any atom is 0.259 e. The van der Waals surface area contributed by atoms with Crippen molar-refractivity contribution in [2.75, 3.05) is 26.2 Å². The summed E-state index contributed by atoms with van der Waals surface area (Å²) in [6.07, 6.45) is 6.03. The van der Waals surface area contributed by atoms with Crippen molar-refractivity contribution in [1.82, 2.24) is 24.1 Å². The molecule has 4 heterocycles. The number of halogens is 3. The molecule has 7 rings (SSSR count). The van der Waals surface area contributed by atoms with Gasteiger partial charge in [0.2, 0.25) is 10.0 Å². The number of hydrogen-bond acceptors (Lipinski definition) is 5. The van der Waals surface area contributed by atoms with Gasteiger partial charge in [0.25, 0.3) is 5.91 Å². The van der Waals surface area contributed by atoms with Gasteiger partial charge >= 0.3 is 0 Å². The minimum Gasteiger partial charge on any atom is -0.338 e.